The van der Waals surface area contributed by atoms with Crippen molar-refractivity contribution in [3.8, 4) is 0 Å². The predicted octanol–water partition coefficient (Wildman–Crippen LogP) is 3.40. The largest absolute Gasteiger partial charge is 0.305 e. The highest BCUT2D eigenvalue weighted by Crippen LogP contribution is 2.16. The highest BCUT2D eigenvalue weighted by Gasteiger charge is 2.13. The molecule has 1 amide bonds. The second-order valence-corrected chi connectivity index (χ2v) is 5.58. The second kappa shape index (κ2) is 6.96. The molecule has 0 saturated heterocycles. The maximum Gasteiger partial charge on any atom is 0.270 e. The molecule has 25 heavy (non-hydrogen) atoms. The van der Waals surface area contributed by atoms with Gasteiger partial charge >= 0.3 is 0 Å². The van der Waals surface area contributed by atoms with Crippen LogP contribution < -0.4 is 5.32 Å². The third kappa shape index (κ3) is 3.89. The molecule has 3 aromatic rings. The number of amides is 1. The molecule has 0 fully saturated rings. The van der Waals surface area contributed by atoms with Gasteiger partial charge in [-0.25, -0.2) is 0 Å². The lowest BCUT2D eigenvalue weighted by molar-refractivity contribution is -0.384. The Bertz CT molecular complexity index is 919. The Hall–Kier alpha value is -3.48. The topological polar surface area (TPSA) is 90.1 Å². The van der Waals surface area contributed by atoms with Crippen molar-refractivity contribution in [3.63, 3.8) is 0 Å². The van der Waals surface area contributed by atoms with E-state index in [1.54, 1.807) is 10.7 Å². The third-order valence-electron chi connectivity index (χ3n) is 3.72. The van der Waals surface area contributed by atoms with E-state index >= 15 is 0 Å². The van der Waals surface area contributed by atoms with Gasteiger partial charge in [-0.2, -0.15) is 5.10 Å². The number of hydrogen-bond donors (Lipinski definition) is 1. The first kappa shape index (κ1) is 16.4. The summed E-state index contributed by atoms with van der Waals surface area (Å²) in [6.07, 6.45) is 0. The number of carbonyl (C=O) groups excluding carboxylic acids is 1. The predicted molar refractivity (Wildman–Crippen MR) is 93.6 cm³/mol. The number of nitro benzene ring substituents is 1. The van der Waals surface area contributed by atoms with Crippen LogP contribution in [0, 0.1) is 17.0 Å². The number of non-ortho nitro benzene ring substituents is 1. The van der Waals surface area contributed by atoms with Gasteiger partial charge in [0.2, 0.25) is 0 Å². The van der Waals surface area contributed by atoms with Gasteiger partial charge in [-0.3, -0.25) is 19.6 Å². The fourth-order valence-corrected chi connectivity index (χ4v) is 2.44. The molecule has 2 aromatic carbocycles. The van der Waals surface area contributed by atoms with E-state index in [1.165, 1.54) is 24.3 Å². The Labute approximate surface area is 144 Å². The molecule has 0 aliphatic carbocycles. The number of aromatic nitrogens is 2. The van der Waals surface area contributed by atoms with Gasteiger partial charge in [0.25, 0.3) is 11.6 Å². The quantitative estimate of drug-likeness (QED) is 0.571. The number of carbonyl (C=O) groups is 1. The summed E-state index contributed by atoms with van der Waals surface area (Å²) in [4.78, 5) is 22.6. The van der Waals surface area contributed by atoms with Gasteiger partial charge in [0.05, 0.1) is 11.5 Å². The van der Waals surface area contributed by atoms with Crippen LogP contribution in [0.4, 0.5) is 11.5 Å². The van der Waals surface area contributed by atoms with Gasteiger partial charge in [-0.05, 0) is 18.6 Å². The van der Waals surface area contributed by atoms with Crippen molar-refractivity contribution < 1.29 is 9.72 Å². The SMILES string of the molecule is Cc1cc(NC(=O)c2cccc([N+](=O)[O-])c2)nn1Cc1ccccc1. The van der Waals surface area contributed by atoms with Crippen LogP contribution in [0.5, 0.6) is 0 Å². The Balaban J connectivity index is 1.75. The normalized spacial score (nSPS) is 10.4. The van der Waals surface area contributed by atoms with Crippen LogP contribution in [0.15, 0.2) is 60.7 Å². The molecule has 0 saturated carbocycles. The van der Waals surface area contributed by atoms with E-state index in [4.69, 9.17) is 0 Å². The van der Waals surface area contributed by atoms with Gasteiger partial charge < -0.3 is 5.32 Å². The molecular formula is C18H16N4O3. The minimum Gasteiger partial charge on any atom is -0.305 e. The lowest BCUT2D eigenvalue weighted by Gasteiger charge is -2.04. The summed E-state index contributed by atoms with van der Waals surface area (Å²) in [6, 6.07) is 17.2. The fraction of sp³-hybridized carbons (Fsp3) is 0.111. The Morgan fingerprint density at radius 2 is 1.92 bits per heavy atom. The number of rotatable bonds is 5. The van der Waals surface area contributed by atoms with E-state index in [9.17, 15) is 14.9 Å². The third-order valence-corrected chi connectivity index (χ3v) is 3.72. The molecule has 1 heterocycles. The van der Waals surface area contributed by atoms with Crippen molar-refractivity contribution in [3.05, 3.63) is 87.6 Å². The summed E-state index contributed by atoms with van der Waals surface area (Å²) in [7, 11) is 0. The molecule has 0 aliphatic rings. The van der Waals surface area contributed by atoms with Gasteiger partial charge in [0, 0.05) is 29.5 Å². The molecule has 1 aromatic heterocycles. The van der Waals surface area contributed by atoms with Gasteiger partial charge in [-0.1, -0.05) is 36.4 Å². The van der Waals surface area contributed by atoms with Crippen molar-refractivity contribution in [1.29, 1.82) is 0 Å². The molecule has 126 valence electrons. The molecule has 7 heteroatoms. The molecule has 0 radical (unpaired) electrons. The van der Waals surface area contributed by atoms with Crippen molar-refractivity contribution in [1.82, 2.24) is 9.78 Å². The summed E-state index contributed by atoms with van der Waals surface area (Å²) < 4.78 is 1.79. The maximum absolute atomic E-state index is 12.3. The zero-order valence-corrected chi connectivity index (χ0v) is 13.5. The summed E-state index contributed by atoms with van der Waals surface area (Å²) in [6.45, 7) is 2.50. The number of nitrogens with zero attached hydrogens (tertiary/aromatic N) is 3. The molecule has 0 spiro atoms. The number of aryl methyl sites for hydroxylation is 1. The Kier molecular flexibility index (Phi) is 4.56. The molecular weight excluding hydrogens is 320 g/mol. The maximum atomic E-state index is 12.3. The van der Waals surface area contributed by atoms with Crippen molar-refractivity contribution in [2.24, 2.45) is 0 Å². The lowest BCUT2D eigenvalue weighted by Crippen LogP contribution is -2.13. The van der Waals surface area contributed by atoms with Gasteiger partial charge in [0.1, 0.15) is 0 Å². The first-order valence-electron chi connectivity index (χ1n) is 7.67. The van der Waals surface area contributed by atoms with Crippen LogP contribution in [0.2, 0.25) is 0 Å². The molecule has 0 aliphatic heterocycles. The Morgan fingerprint density at radius 3 is 2.64 bits per heavy atom. The minimum absolute atomic E-state index is 0.126. The van der Waals surface area contributed by atoms with E-state index < -0.39 is 10.8 Å². The minimum atomic E-state index is -0.532. The lowest BCUT2D eigenvalue weighted by atomic mass is 10.2. The van der Waals surface area contributed by atoms with Crippen LogP contribution in [0.3, 0.4) is 0 Å². The highest BCUT2D eigenvalue weighted by atomic mass is 16.6. The van der Waals surface area contributed by atoms with Crippen molar-refractivity contribution in [2.75, 3.05) is 5.32 Å². The first-order chi connectivity index (χ1) is 12.0. The van der Waals surface area contributed by atoms with Crippen LogP contribution in [-0.4, -0.2) is 20.6 Å². The van der Waals surface area contributed by atoms with Crippen LogP contribution in [0.1, 0.15) is 21.6 Å². The number of nitrogens with one attached hydrogen (secondary N) is 1. The van der Waals surface area contributed by atoms with E-state index in [0.717, 1.165) is 11.3 Å². The van der Waals surface area contributed by atoms with Crippen LogP contribution in [0.25, 0.3) is 0 Å². The zero-order valence-electron chi connectivity index (χ0n) is 13.5. The molecule has 1 N–H and O–H groups in total. The average Bonchev–Trinajstić information content (AvgIpc) is 2.95. The van der Waals surface area contributed by atoms with Crippen molar-refractivity contribution in [2.45, 2.75) is 13.5 Å². The molecule has 0 atom stereocenters. The van der Waals surface area contributed by atoms with Gasteiger partial charge in [0.15, 0.2) is 5.82 Å². The van der Waals surface area contributed by atoms with Crippen molar-refractivity contribution >= 4 is 17.4 Å². The van der Waals surface area contributed by atoms with E-state index in [0.29, 0.717) is 12.4 Å². The zero-order chi connectivity index (χ0) is 17.8. The summed E-state index contributed by atoms with van der Waals surface area (Å²) >= 11 is 0. The van der Waals surface area contributed by atoms with Crippen LogP contribution in [-0.2, 0) is 6.54 Å². The number of hydrogen-bond acceptors (Lipinski definition) is 4. The van der Waals surface area contributed by atoms with Crippen LogP contribution >= 0.6 is 0 Å². The standard InChI is InChI=1S/C18H16N4O3/c1-13-10-17(20-21(13)12-14-6-3-2-4-7-14)19-18(23)15-8-5-9-16(11-15)22(24)25/h2-11H,12H2,1H3,(H,19,20,23). The number of benzene rings is 2. The number of nitro groups is 1. The monoisotopic (exact) mass is 336 g/mol. The fourth-order valence-electron chi connectivity index (χ4n) is 2.44. The molecule has 7 nitrogen and oxygen atoms in total. The average molecular weight is 336 g/mol. The molecule has 0 bridgehead atoms. The highest BCUT2D eigenvalue weighted by molar-refractivity contribution is 6.04. The summed E-state index contributed by atoms with van der Waals surface area (Å²) in [5, 5.41) is 17.9. The Morgan fingerprint density at radius 1 is 1.16 bits per heavy atom. The van der Waals surface area contributed by atoms with E-state index in [1.807, 2.05) is 37.3 Å². The molecule has 0 unspecified atom stereocenters. The molecule has 3 rings (SSSR count). The second-order valence-electron chi connectivity index (χ2n) is 5.58. The first-order valence-corrected chi connectivity index (χ1v) is 7.67. The summed E-state index contributed by atoms with van der Waals surface area (Å²) in [5.41, 5.74) is 2.09. The van der Waals surface area contributed by atoms with Gasteiger partial charge in [-0.15, -0.1) is 0 Å². The smallest absolute Gasteiger partial charge is 0.270 e. The number of anilines is 1. The van der Waals surface area contributed by atoms with E-state index in [2.05, 4.69) is 10.4 Å². The van der Waals surface area contributed by atoms with E-state index in [-0.39, 0.29) is 11.3 Å². The summed E-state index contributed by atoms with van der Waals surface area (Å²) in [5.74, 6) is -0.0296.